The molecule has 0 aromatic carbocycles. The Morgan fingerprint density at radius 3 is 1.71 bits per heavy atom. The van der Waals surface area contributed by atoms with Crippen LogP contribution in [0.1, 0.15) is 12.8 Å². The van der Waals surface area contributed by atoms with Crippen LogP contribution in [0.3, 0.4) is 0 Å². The van der Waals surface area contributed by atoms with E-state index in [-0.39, 0.29) is 24.0 Å². The molecule has 2 rings (SSSR count). The highest BCUT2D eigenvalue weighted by Crippen LogP contribution is 2.21. The van der Waals surface area contributed by atoms with Gasteiger partial charge in [0.15, 0.2) is 0 Å². The van der Waals surface area contributed by atoms with Crippen LogP contribution in [0.25, 0.3) is 0 Å². The van der Waals surface area contributed by atoms with E-state index in [4.69, 9.17) is 24.7 Å². The van der Waals surface area contributed by atoms with Crippen molar-refractivity contribution in [2.75, 3.05) is 26.4 Å². The molecule has 0 aromatic heterocycles. The topological polar surface area (TPSA) is 81.9 Å². The highest BCUT2D eigenvalue weighted by atomic mass is 16.6. The molecular formula is C12H16N2O3. The number of hydrogen-bond acceptors (Lipinski definition) is 5. The molecule has 0 saturated carbocycles. The summed E-state index contributed by atoms with van der Waals surface area (Å²) in [6.45, 7) is 2.30. The van der Waals surface area contributed by atoms with Gasteiger partial charge in [0.25, 0.3) is 0 Å². The normalized spacial score (nSPS) is 28.8. The fourth-order valence-corrected chi connectivity index (χ4v) is 1.71. The summed E-state index contributed by atoms with van der Waals surface area (Å²) in [6.07, 6.45) is 1.96. The van der Waals surface area contributed by atoms with Crippen LogP contribution in [0.4, 0.5) is 0 Å². The van der Waals surface area contributed by atoms with Crippen molar-refractivity contribution >= 4 is 0 Å². The lowest BCUT2D eigenvalue weighted by atomic mass is 10.1. The van der Waals surface area contributed by atoms with E-state index in [2.05, 4.69) is 12.1 Å². The number of epoxide rings is 2. The molecule has 2 heterocycles. The van der Waals surface area contributed by atoms with Gasteiger partial charge in [0.1, 0.15) is 0 Å². The Hall–Kier alpha value is -1.14. The van der Waals surface area contributed by atoms with Crippen molar-refractivity contribution in [1.82, 2.24) is 0 Å². The molecule has 2 aliphatic rings. The summed E-state index contributed by atoms with van der Waals surface area (Å²) in [5, 5.41) is 17.8. The Morgan fingerprint density at radius 1 is 1.00 bits per heavy atom. The molecule has 0 spiro atoms. The Kier molecular flexibility index (Phi) is 4.33. The molecule has 2 saturated heterocycles. The SMILES string of the molecule is N#CC(COCC(C#N)CC1CO1)CC1CO1. The lowest BCUT2D eigenvalue weighted by molar-refractivity contribution is 0.0882. The molecule has 5 heteroatoms. The van der Waals surface area contributed by atoms with Crippen LogP contribution in [0.15, 0.2) is 0 Å². The summed E-state index contributed by atoms with van der Waals surface area (Å²) in [5.41, 5.74) is 0. The van der Waals surface area contributed by atoms with E-state index in [1.807, 2.05) is 0 Å². The van der Waals surface area contributed by atoms with Crippen molar-refractivity contribution in [2.24, 2.45) is 11.8 Å². The van der Waals surface area contributed by atoms with Crippen molar-refractivity contribution in [2.45, 2.75) is 25.0 Å². The van der Waals surface area contributed by atoms with Crippen LogP contribution in [0.2, 0.25) is 0 Å². The number of hydrogen-bond donors (Lipinski definition) is 0. The van der Waals surface area contributed by atoms with Gasteiger partial charge in [-0.1, -0.05) is 0 Å². The highest BCUT2D eigenvalue weighted by Gasteiger charge is 2.28. The zero-order valence-corrected chi connectivity index (χ0v) is 9.67. The first-order chi connectivity index (χ1) is 8.31. The molecular weight excluding hydrogens is 220 g/mol. The van der Waals surface area contributed by atoms with E-state index in [1.165, 1.54) is 0 Å². The first kappa shape index (κ1) is 12.3. The minimum absolute atomic E-state index is 0.126. The van der Waals surface area contributed by atoms with E-state index < -0.39 is 0 Å². The van der Waals surface area contributed by atoms with Gasteiger partial charge in [-0.25, -0.2) is 0 Å². The predicted molar refractivity (Wildman–Crippen MR) is 57.7 cm³/mol. The third-order valence-corrected chi connectivity index (χ3v) is 2.90. The molecule has 0 N–H and O–H groups in total. The summed E-state index contributed by atoms with van der Waals surface area (Å²) >= 11 is 0. The Balaban J connectivity index is 1.59. The van der Waals surface area contributed by atoms with Crippen LogP contribution in [-0.2, 0) is 14.2 Å². The largest absolute Gasteiger partial charge is 0.379 e. The van der Waals surface area contributed by atoms with Gasteiger partial charge in [-0.3, -0.25) is 0 Å². The first-order valence-electron chi connectivity index (χ1n) is 5.92. The molecule has 5 nitrogen and oxygen atoms in total. The fourth-order valence-electron chi connectivity index (χ4n) is 1.71. The second-order valence-corrected chi connectivity index (χ2v) is 4.57. The molecule has 0 aromatic rings. The van der Waals surface area contributed by atoms with Crippen molar-refractivity contribution in [3.05, 3.63) is 0 Å². The van der Waals surface area contributed by atoms with Gasteiger partial charge in [-0.15, -0.1) is 0 Å². The Bertz CT molecular complexity index is 294. The Labute approximate surface area is 101 Å². The average molecular weight is 236 g/mol. The van der Waals surface area contributed by atoms with Crippen molar-refractivity contribution in [3.63, 3.8) is 0 Å². The lowest BCUT2D eigenvalue weighted by Crippen LogP contribution is -2.16. The molecule has 92 valence electrons. The Morgan fingerprint density at radius 2 is 1.41 bits per heavy atom. The monoisotopic (exact) mass is 236 g/mol. The number of nitrogens with zero attached hydrogens (tertiary/aromatic N) is 2. The maximum absolute atomic E-state index is 8.91. The van der Waals surface area contributed by atoms with Gasteiger partial charge >= 0.3 is 0 Å². The van der Waals surface area contributed by atoms with Gasteiger partial charge in [-0.2, -0.15) is 10.5 Å². The molecule has 2 aliphatic heterocycles. The predicted octanol–water partition coefficient (Wildman–Crippen LogP) is 0.860. The summed E-state index contributed by atoms with van der Waals surface area (Å²) in [6, 6.07) is 4.41. The maximum Gasteiger partial charge on any atom is 0.0823 e. The van der Waals surface area contributed by atoms with E-state index >= 15 is 0 Å². The number of nitriles is 2. The molecule has 2 fully saturated rings. The average Bonchev–Trinajstić information content (AvgIpc) is 3.21. The second-order valence-electron chi connectivity index (χ2n) is 4.57. The van der Waals surface area contributed by atoms with E-state index in [9.17, 15) is 0 Å². The minimum Gasteiger partial charge on any atom is -0.379 e. The van der Waals surface area contributed by atoms with Crippen molar-refractivity contribution < 1.29 is 14.2 Å². The summed E-state index contributed by atoms with van der Waals surface area (Å²) in [4.78, 5) is 0. The van der Waals surface area contributed by atoms with Crippen LogP contribution < -0.4 is 0 Å². The van der Waals surface area contributed by atoms with Gasteiger partial charge < -0.3 is 14.2 Å². The zero-order valence-electron chi connectivity index (χ0n) is 9.67. The van der Waals surface area contributed by atoms with Gasteiger partial charge in [0, 0.05) is 0 Å². The van der Waals surface area contributed by atoms with Gasteiger partial charge in [0.05, 0.1) is 62.6 Å². The van der Waals surface area contributed by atoms with Crippen LogP contribution in [-0.4, -0.2) is 38.6 Å². The first-order valence-corrected chi connectivity index (χ1v) is 5.92. The molecule has 0 bridgehead atoms. The summed E-state index contributed by atoms with van der Waals surface area (Å²) in [5.74, 6) is -0.252. The van der Waals surface area contributed by atoms with Crippen LogP contribution >= 0.6 is 0 Å². The van der Waals surface area contributed by atoms with Crippen LogP contribution in [0.5, 0.6) is 0 Å². The van der Waals surface area contributed by atoms with Gasteiger partial charge in [0.2, 0.25) is 0 Å². The third-order valence-electron chi connectivity index (χ3n) is 2.90. The molecule has 0 aliphatic carbocycles. The molecule has 0 amide bonds. The standard InChI is InChI=1S/C12H16N2O3/c13-3-9(1-11-7-16-11)5-15-6-10(4-14)2-12-8-17-12/h9-12H,1-2,5-8H2. The van der Waals surface area contributed by atoms with Crippen molar-refractivity contribution in [1.29, 1.82) is 10.5 Å². The fraction of sp³-hybridized carbons (Fsp3) is 0.833. The van der Waals surface area contributed by atoms with Crippen LogP contribution in [0, 0.1) is 34.5 Å². The number of rotatable bonds is 8. The highest BCUT2D eigenvalue weighted by molar-refractivity contribution is 4.90. The number of ether oxygens (including phenoxy) is 3. The maximum atomic E-state index is 8.91. The molecule has 4 unspecified atom stereocenters. The van der Waals surface area contributed by atoms with E-state index in [0.717, 1.165) is 26.1 Å². The van der Waals surface area contributed by atoms with Gasteiger partial charge in [-0.05, 0) is 12.8 Å². The van der Waals surface area contributed by atoms with E-state index in [0.29, 0.717) is 13.2 Å². The van der Waals surface area contributed by atoms with Crippen molar-refractivity contribution in [3.8, 4) is 12.1 Å². The lowest BCUT2D eigenvalue weighted by Gasteiger charge is -2.11. The molecule has 0 radical (unpaired) electrons. The molecule has 17 heavy (non-hydrogen) atoms. The minimum atomic E-state index is -0.126. The smallest absolute Gasteiger partial charge is 0.0823 e. The summed E-state index contributed by atoms with van der Waals surface area (Å²) in [7, 11) is 0. The third kappa shape index (κ3) is 4.70. The molecule has 4 atom stereocenters. The zero-order chi connectivity index (χ0) is 12.1. The quantitative estimate of drug-likeness (QED) is 0.584. The second kappa shape index (κ2) is 5.97. The summed E-state index contributed by atoms with van der Waals surface area (Å²) < 4.78 is 15.6. The van der Waals surface area contributed by atoms with E-state index in [1.54, 1.807) is 0 Å².